The van der Waals surface area contributed by atoms with Gasteiger partial charge in [-0.05, 0) is 46.8 Å². The van der Waals surface area contributed by atoms with Crippen LogP contribution in [0.4, 0.5) is 0 Å². The molecule has 1 saturated carbocycles. The van der Waals surface area contributed by atoms with Gasteiger partial charge < -0.3 is 10.6 Å². The van der Waals surface area contributed by atoms with Crippen LogP contribution in [0, 0.1) is 0 Å². The lowest BCUT2D eigenvalue weighted by molar-refractivity contribution is -0.123. The van der Waals surface area contributed by atoms with Gasteiger partial charge in [-0.3, -0.25) is 9.69 Å². The van der Waals surface area contributed by atoms with E-state index in [0.29, 0.717) is 0 Å². The maximum Gasteiger partial charge on any atom is 0.234 e. The molecule has 0 aliphatic heterocycles. The second-order valence-electron chi connectivity index (χ2n) is 5.21. The van der Waals surface area contributed by atoms with E-state index >= 15 is 0 Å². The predicted molar refractivity (Wildman–Crippen MR) is 66.2 cm³/mol. The highest BCUT2D eigenvalue weighted by molar-refractivity contribution is 5.79. The summed E-state index contributed by atoms with van der Waals surface area (Å²) in [6, 6.07) is -0.127. The van der Waals surface area contributed by atoms with Crippen molar-refractivity contribution < 1.29 is 4.79 Å². The number of hydrogen-bond acceptors (Lipinski definition) is 3. The summed E-state index contributed by atoms with van der Waals surface area (Å²) in [6.45, 7) is 2.94. The normalized spacial score (nSPS) is 20.9. The minimum atomic E-state index is -0.210. The van der Waals surface area contributed by atoms with Crippen molar-refractivity contribution >= 4 is 5.91 Å². The van der Waals surface area contributed by atoms with E-state index < -0.39 is 0 Å². The number of carbonyl (C=O) groups excluding carboxylic acids is 1. The van der Waals surface area contributed by atoms with Crippen LogP contribution in [-0.4, -0.2) is 55.0 Å². The largest absolute Gasteiger partial charge is 0.368 e. The molecular formula is C12H25N3O. The zero-order valence-electron chi connectivity index (χ0n) is 11.0. The lowest BCUT2D eigenvalue weighted by Crippen LogP contribution is -2.59. The Balaban J connectivity index is 2.61. The quantitative estimate of drug-likeness (QED) is 0.725. The fourth-order valence-electron chi connectivity index (χ4n) is 2.64. The molecule has 2 N–H and O–H groups in total. The molecule has 16 heavy (non-hydrogen) atoms. The molecule has 1 fully saturated rings. The van der Waals surface area contributed by atoms with Gasteiger partial charge in [-0.2, -0.15) is 0 Å². The minimum absolute atomic E-state index is 0.127. The average molecular weight is 227 g/mol. The summed E-state index contributed by atoms with van der Waals surface area (Å²) in [7, 11) is 6.25. The van der Waals surface area contributed by atoms with Gasteiger partial charge >= 0.3 is 0 Å². The number of likely N-dealkylation sites (N-methyl/N-ethyl adjacent to an activating group) is 2. The molecule has 1 unspecified atom stereocenters. The lowest BCUT2D eigenvalue weighted by atomic mass is 9.75. The smallest absolute Gasteiger partial charge is 0.234 e. The van der Waals surface area contributed by atoms with Gasteiger partial charge in [-0.1, -0.05) is 6.92 Å². The monoisotopic (exact) mass is 227 g/mol. The average Bonchev–Trinajstić information content (AvgIpc) is 2.11. The first-order valence-corrected chi connectivity index (χ1v) is 6.10. The molecule has 1 atom stereocenters. The molecule has 0 aromatic rings. The highest BCUT2D eigenvalue weighted by Gasteiger charge is 2.41. The van der Waals surface area contributed by atoms with Crippen molar-refractivity contribution in [1.82, 2.24) is 9.80 Å². The molecule has 4 nitrogen and oxygen atoms in total. The molecule has 0 aromatic heterocycles. The van der Waals surface area contributed by atoms with Crippen LogP contribution in [0.1, 0.15) is 32.6 Å². The van der Waals surface area contributed by atoms with Gasteiger partial charge in [0.05, 0.1) is 6.04 Å². The van der Waals surface area contributed by atoms with Crippen molar-refractivity contribution in [2.75, 3.05) is 27.7 Å². The predicted octanol–water partition coefficient (Wildman–Crippen LogP) is 0.666. The molecule has 0 radical (unpaired) electrons. The second kappa shape index (κ2) is 5.15. The maximum atomic E-state index is 11.3. The molecule has 0 heterocycles. The molecule has 94 valence electrons. The van der Waals surface area contributed by atoms with Gasteiger partial charge in [-0.25, -0.2) is 0 Å². The topological polar surface area (TPSA) is 49.6 Å². The molecule has 4 heteroatoms. The van der Waals surface area contributed by atoms with Crippen LogP contribution in [-0.2, 0) is 4.79 Å². The second-order valence-corrected chi connectivity index (χ2v) is 5.21. The highest BCUT2D eigenvalue weighted by atomic mass is 16.1. The third-order valence-corrected chi connectivity index (χ3v) is 4.02. The van der Waals surface area contributed by atoms with Gasteiger partial charge in [0.2, 0.25) is 5.91 Å². The zero-order valence-corrected chi connectivity index (χ0v) is 11.0. The molecule has 1 amide bonds. The summed E-state index contributed by atoms with van der Waals surface area (Å²) in [5.41, 5.74) is 5.67. The Bertz CT molecular complexity index is 249. The highest BCUT2D eigenvalue weighted by Crippen LogP contribution is 2.36. The van der Waals surface area contributed by atoms with Crippen LogP contribution in [0.15, 0.2) is 0 Å². The minimum Gasteiger partial charge on any atom is -0.368 e. The Morgan fingerprint density at radius 2 is 1.94 bits per heavy atom. The Labute approximate surface area is 98.8 Å². The fraction of sp³-hybridized carbons (Fsp3) is 0.917. The first-order valence-electron chi connectivity index (χ1n) is 6.10. The van der Waals surface area contributed by atoms with E-state index in [9.17, 15) is 4.79 Å². The first kappa shape index (κ1) is 13.5. The summed E-state index contributed by atoms with van der Waals surface area (Å²) in [5.74, 6) is -0.210. The van der Waals surface area contributed by atoms with Gasteiger partial charge in [0.15, 0.2) is 0 Å². The van der Waals surface area contributed by atoms with Crippen molar-refractivity contribution in [3.63, 3.8) is 0 Å². The van der Waals surface area contributed by atoms with Crippen LogP contribution in [0.2, 0.25) is 0 Å². The van der Waals surface area contributed by atoms with E-state index in [1.54, 1.807) is 0 Å². The molecule has 0 saturated heterocycles. The summed E-state index contributed by atoms with van der Waals surface area (Å²) in [6.07, 6.45) is 4.52. The summed E-state index contributed by atoms with van der Waals surface area (Å²) >= 11 is 0. The Kier molecular flexibility index (Phi) is 4.33. The molecule has 1 aliphatic carbocycles. The third-order valence-electron chi connectivity index (χ3n) is 4.02. The zero-order chi connectivity index (χ0) is 12.3. The van der Waals surface area contributed by atoms with Crippen LogP contribution < -0.4 is 5.73 Å². The van der Waals surface area contributed by atoms with Crippen molar-refractivity contribution in [1.29, 1.82) is 0 Å². The van der Waals surface area contributed by atoms with Gasteiger partial charge in [0.25, 0.3) is 0 Å². The Hall–Kier alpha value is -0.610. The van der Waals surface area contributed by atoms with E-state index in [2.05, 4.69) is 23.9 Å². The van der Waals surface area contributed by atoms with Crippen molar-refractivity contribution in [3.8, 4) is 0 Å². The number of hydrogen-bond donors (Lipinski definition) is 1. The Morgan fingerprint density at radius 1 is 1.38 bits per heavy atom. The van der Waals surface area contributed by atoms with E-state index in [0.717, 1.165) is 13.0 Å². The number of rotatable bonds is 6. The van der Waals surface area contributed by atoms with Gasteiger partial charge in [-0.15, -0.1) is 0 Å². The molecular weight excluding hydrogens is 202 g/mol. The number of nitrogens with zero attached hydrogens (tertiary/aromatic N) is 2. The number of nitrogens with two attached hydrogens (primary N) is 1. The SMILES string of the molecule is CCC(C(N)=O)N(C)CC1(N(C)C)CCC1. The Morgan fingerprint density at radius 3 is 2.19 bits per heavy atom. The van der Waals surface area contributed by atoms with Crippen LogP contribution in [0.3, 0.4) is 0 Å². The molecule has 0 spiro atoms. The lowest BCUT2D eigenvalue weighted by Gasteiger charge is -2.50. The standard InChI is InChI=1S/C12H25N3O/c1-5-10(11(13)16)15(4)9-12(14(2)3)7-6-8-12/h10H,5-9H2,1-4H3,(H2,13,16). The maximum absolute atomic E-state index is 11.3. The first-order chi connectivity index (χ1) is 7.43. The summed E-state index contributed by atoms with van der Waals surface area (Å²) < 4.78 is 0. The van der Waals surface area contributed by atoms with E-state index in [-0.39, 0.29) is 17.5 Å². The molecule has 0 bridgehead atoms. The number of amides is 1. The summed E-state index contributed by atoms with van der Waals surface area (Å²) in [5, 5.41) is 0. The van der Waals surface area contributed by atoms with Crippen molar-refractivity contribution in [2.45, 2.75) is 44.2 Å². The molecule has 1 aliphatic rings. The number of primary amides is 1. The van der Waals surface area contributed by atoms with Gasteiger partial charge in [0.1, 0.15) is 0 Å². The molecule has 0 aromatic carbocycles. The van der Waals surface area contributed by atoms with Crippen LogP contribution in [0.5, 0.6) is 0 Å². The van der Waals surface area contributed by atoms with Gasteiger partial charge in [0, 0.05) is 12.1 Å². The molecule has 1 rings (SSSR count). The van der Waals surface area contributed by atoms with Crippen LogP contribution >= 0.6 is 0 Å². The van der Waals surface area contributed by atoms with E-state index in [1.165, 1.54) is 19.3 Å². The van der Waals surface area contributed by atoms with Crippen LogP contribution in [0.25, 0.3) is 0 Å². The number of carbonyl (C=O) groups is 1. The van der Waals surface area contributed by atoms with E-state index in [1.807, 2.05) is 14.0 Å². The van der Waals surface area contributed by atoms with E-state index in [4.69, 9.17) is 5.73 Å². The van der Waals surface area contributed by atoms with Crippen molar-refractivity contribution in [2.24, 2.45) is 5.73 Å². The fourth-order valence-corrected chi connectivity index (χ4v) is 2.64. The van der Waals surface area contributed by atoms with Crippen molar-refractivity contribution in [3.05, 3.63) is 0 Å². The third kappa shape index (κ3) is 2.55. The summed E-state index contributed by atoms with van der Waals surface area (Å²) in [4.78, 5) is 15.7.